The zero-order chi connectivity index (χ0) is 19.4. The van der Waals surface area contributed by atoms with Crippen LogP contribution in [0.5, 0.6) is 0 Å². The molecule has 0 unspecified atom stereocenters. The standard InChI is InChI=1S/C11H3BrCl2F6N2O2S/c12-9-8(25(23,24)11(18,19)20)7(21-22-9)6-4(13)1-3(2-5(6)14)10(15,16)17/h1-2H,(H,21,22). The van der Waals surface area contributed by atoms with E-state index in [-0.39, 0.29) is 0 Å². The van der Waals surface area contributed by atoms with E-state index >= 15 is 0 Å². The first-order chi connectivity index (χ1) is 11.2. The van der Waals surface area contributed by atoms with Crippen LogP contribution in [0.15, 0.2) is 21.6 Å². The SMILES string of the molecule is O=S(=O)(c1c(-c2c(Cl)cc(C(F)(F)F)cc2Cl)n[nH]c1Br)C(F)(F)F. The van der Waals surface area contributed by atoms with Gasteiger partial charge in [-0.25, -0.2) is 8.42 Å². The van der Waals surface area contributed by atoms with Crippen molar-refractivity contribution in [1.82, 2.24) is 10.2 Å². The lowest BCUT2D eigenvalue weighted by molar-refractivity contribution is -0.137. The molecule has 0 saturated heterocycles. The summed E-state index contributed by atoms with van der Waals surface area (Å²) in [4.78, 5) is -1.34. The highest BCUT2D eigenvalue weighted by Gasteiger charge is 2.50. The number of H-pyrrole nitrogens is 1. The fraction of sp³-hybridized carbons (Fsp3) is 0.182. The maximum absolute atomic E-state index is 12.8. The number of benzene rings is 1. The Kier molecular flexibility index (Phi) is 5.14. The Bertz CT molecular complexity index is 916. The van der Waals surface area contributed by atoms with E-state index in [0.717, 1.165) is 0 Å². The summed E-state index contributed by atoms with van der Waals surface area (Å²) in [5.74, 6) is 0. The lowest BCUT2D eigenvalue weighted by Gasteiger charge is -2.13. The van der Waals surface area contributed by atoms with E-state index < -0.39 is 57.9 Å². The number of nitrogens with one attached hydrogen (secondary N) is 1. The molecule has 4 nitrogen and oxygen atoms in total. The number of hydrogen-bond acceptors (Lipinski definition) is 3. The largest absolute Gasteiger partial charge is 0.502 e. The number of nitrogens with zero attached hydrogens (tertiary/aromatic N) is 1. The molecule has 0 aliphatic carbocycles. The van der Waals surface area contributed by atoms with Crippen molar-refractivity contribution in [3.05, 3.63) is 32.3 Å². The molecule has 0 saturated carbocycles. The van der Waals surface area contributed by atoms with Crippen molar-refractivity contribution in [2.75, 3.05) is 0 Å². The average Bonchev–Trinajstić information content (AvgIpc) is 2.77. The van der Waals surface area contributed by atoms with Crippen molar-refractivity contribution in [2.24, 2.45) is 0 Å². The normalized spacial score (nSPS) is 13.3. The highest BCUT2D eigenvalue weighted by Crippen LogP contribution is 2.45. The number of hydrogen-bond donors (Lipinski definition) is 1. The topological polar surface area (TPSA) is 62.8 Å². The summed E-state index contributed by atoms with van der Waals surface area (Å²) in [6.07, 6.45) is -4.82. The Labute approximate surface area is 154 Å². The molecule has 25 heavy (non-hydrogen) atoms. The molecule has 1 aromatic heterocycles. The lowest BCUT2D eigenvalue weighted by atomic mass is 10.1. The molecular weight excluding hydrogens is 489 g/mol. The van der Waals surface area contributed by atoms with Gasteiger partial charge in [0.1, 0.15) is 15.2 Å². The van der Waals surface area contributed by atoms with Crippen LogP contribution in [0, 0.1) is 0 Å². The van der Waals surface area contributed by atoms with E-state index in [1.54, 1.807) is 0 Å². The minimum Gasteiger partial charge on any atom is -0.269 e. The molecule has 138 valence electrons. The molecule has 0 bridgehead atoms. The smallest absolute Gasteiger partial charge is 0.269 e. The number of rotatable bonds is 2. The van der Waals surface area contributed by atoms with Crippen molar-refractivity contribution >= 4 is 49.0 Å². The highest BCUT2D eigenvalue weighted by molar-refractivity contribution is 9.10. The van der Waals surface area contributed by atoms with Crippen LogP contribution in [0.25, 0.3) is 11.3 Å². The van der Waals surface area contributed by atoms with E-state index in [1.165, 1.54) is 0 Å². The van der Waals surface area contributed by atoms with Crippen LogP contribution in [0.4, 0.5) is 26.3 Å². The van der Waals surface area contributed by atoms with Gasteiger partial charge in [0.05, 0.1) is 15.6 Å². The first-order valence-corrected chi connectivity index (χ1v) is 8.83. The molecule has 0 amide bonds. The zero-order valence-corrected chi connectivity index (χ0v) is 15.1. The van der Waals surface area contributed by atoms with Gasteiger partial charge in [-0.15, -0.1) is 0 Å². The molecule has 0 radical (unpaired) electrons. The fourth-order valence-electron chi connectivity index (χ4n) is 1.80. The van der Waals surface area contributed by atoms with Gasteiger partial charge in [0, 0.05) is 5.56 Å². The van der Waals surface area contributed by atoms with E-state index in [2.05, 4.69) is 21.0 Å². The van der Waals surface area contributed by atoms with Crippen molar-refractivity contribution in [1.29, 1.82) is 0 Å². The van der Waals surface area contributed by atoms with E-state index in [9.17, 15) is 34.8 Å². The van der Waals surface area contributed by atoms with E-state index in [4.69, 9.17) is 23.2 Å². The Balaban J connectivity index is 2.79. The Morgan fingerprint density at radius 1 is 1.04 bits per heavy atom. The molecule has 14 heteroatoms. The molecule has 1 N–H and O–H groups in total. The minimum absolute atomic E-state index is 0.398. The summed E-state index contributed by atoms with van der Waals surface area (Å²) in [6.45, 7) is 0. The molecule has 0 spiro atoms. The number of sulfone groups is 1. The first kappa shape index (κ1) is 20.3. The predicted molar refractivity (Wildman–Crippen MR) is 80.0 cm³/mol. The van der Waals surface area contributed by atoms with Crippen molar-refractivity contribution in [3.8, 4) is 11.3 Å². The van der Waals surface area contributed by atoms with Gasteiger partial charge in [-0.2, -0.15) is 31.4 Å². The third-order valence-electron chi connectivity index (χ3n) is 2.86. The second kappa shape index (κ2) is 6.32. The van der Waals surface area contributed by atoms with E-state index in [1.807, 2.05) is 5.10 Å². The van der Waals surface area contributed by atoms with E-state index in [0.29, 0.717) is 12.1 Å². The van der Waals surface area contributed by atoms with Gasteiger partial charge in [0.25, 0.3) is 9.84 Å². The summed E-state index contributed by atoms with van der Waals surface area (Å²) in [5, 5.41) is 3.89. The maximum atomic E-state index is 12.8. The number of aromatic amines is 1. The number of aromatic nitrogens is 2. The van der Waals surface area contributed by atoms with Crippen LogP contribution in [0.3, 0.4) is 0 Å². The number of halogens is 9. The second-order valence-electron chi connectivity index (χ2n) is 4.48. The summed E-state index contributed by atoms with van der Waals surface area (Å²) < 4.78 is 99.4. The van der Waals surface area contributed by atoms with Crippen LogP contribution in [0.1, 0.15) is 5.56 Å². The molecule has 1 heterocycles. The Morgan fingerprint density at radius 3 is 1.92 bits per heavy atom. The third kappa shape index (κ3) is 3.62. The molecule has 0 fully saturated rings. The molecule has 0 atom stereocenters. The van der Waals surface area contributed by atoms with Gasteiger partial charge >= 0.3 is 11.7 Å². The molecule has 0 aliphatic rings. The summed E-state index contributed by atoms with van der Waals surface area (Å²) in [5.41, 5.74) is -8.41. The van der Waals surface area contributed by atoms with Gasteiger partial charge < -0.3 is 0 Å². The van der Waals surface area contributed by atoms with Gasteiger partial charge in [0.2, 0.25) is 0 Å². The van der Waals surface area contributed by atoms with Crippen LogP contribution in [-0.2, 0) is 16.0 Å². The average molecular weight is 492 g/mol. The first-order valence-electron chi connectivity index (χ1n) is 5.79. The Morgan fingerprint density at radius 2 is 1.52 bits per heavy atom. The Hall–Kier alpha value is -0.980. The fourth-order valence-corrected chi connectivity index (χ4v) is 4.30. The van der Waals surface area contributed by atoms with Gasteiger partial charge in [-0.3, -0.25) is 5.10 Å². The second-order valence-corrected chi connectivity index (χ2v) is 7.96. The van der Waals surface area contributed by atoms with Gasteiger partial charge in [-0.05, 0) is 28.1 Å². The predicted octanol–water partition coefficient (Wildman–Crippen LogP) is 5.46. The highest BCUT2D eigenvalue weighted by atomic mass is 79.9. The maximum Gasteiger partial charge on any atom is 0.502 e. The molecule has 2 aromatic rings. The van der Waals surface area contributed by atoms with Gasteiger partial charge in [0.15, 0.2) is 0 Å². The monoisotopic (exact) mass is 490 g/mol. The van der Waals surface area contributed by atoms with Crippen molar-refractivity contribution in [2.45, 2.75) is 16.6 Å². The quantitative estimate of drug-likeness (QED) is 0.567. The van der Waals surface area contributed by atoms with Crippen LogP contribution < -0.4 is 0 Å². The van der Waals surface area contributed by atoms with Crippen LogP contribution >= 0.6 is 39.1 Å². The summed E-state index contributed by atoms with van der Waals surface area (Å²) in [7, 11) is -5.89. The zero-order valence-electron chi connectivity index (χ0n) is 11.2. The minimum atomic E-state index is -5.89. The summed E-state index contributed by atoms with van der Waals surface area (Å²) in [6, 6.07) is 0.796. The number of alkyl halides is 6. The molecule has 1 aromatic carbocycles. The molecule has 0 aliphatic heterocycles. The van der Waals surface area contributed by atoms with Crippen LogP contribution in [0.2, 0.25) is 10.0 Å². The third-order valence-corrected chi connectivity index (χ3v) is 5.84. The lowest BCUT2D eigenvalue weighted by Crippen LogP contribution is -2.23. The van der Waals surface area contributed by atoms with Crippen LogP contribution in [-0.4, -0.2) is 24.1 Å². The van der Waals surface area contributed by atoms with Crippen molar-refractivity contribution < 1.29 is 34.8 Å². The van der Waals surface area contributed by atoms with Gasteiger partial charge in [-0.1, -0.05) is 23.2 Å². The summed E-state index contributed by atoms with van der Waals surface area (Å²) >= 11 is 14.0. The van der Waals surface area contributed by atoms with Crippen molar-refractivity contribution in [3.63, 3.8) is 0 Å². The molecular formula is C11H3BrCl2F6N2O2S. The molecule has 2 rings (SSSR count).